The number of aromatic nitrogens is 1. The number of thiazole rings is 1. The monoisotopic (exact) mass is 517 g/mol. The number of benzene rings is 1. The molecule has 0 atom stereocenters. The lowest BCUT2D eigenvalue weighted by molar-refractivity contribution is 0.103. The van der Waals surface area contributed by atoms with E-state index in [1.54, 1.807) is 0 Å². The summed E-state index contributed by atoms with van der Waals surface area (Å²) >= 11 is 0.914. The quantitative estimate of drug-likeness (QED) is 0.247. The van der Waals surface area contributed by atoms with Crippen LogP contribution in [0.5, 0.6) is 0 Å². The molecule has 2 heterocycles. The Morgan fingerprint density at radius 3 is 2.50 bits per heavy atom. The lowest BCUT2D eigenvalue weighted by atomic mass is 10.1. The van der Waals surface area contributed by atoms with Gasteiger partial charge in [-0.2, -0.15) is 0 Å². The first-order valence-corrected chi connectivity index (χ1v) is 13.5. The van der Waals surface area contributed by atoms with Gasteiger partial charge in [-0.25, -0.2) is 26.5 Å². The average molecular weight is 518 g/mol. The number of piperidine rings is 1. The van der Waals surface area contributed by atoms with E-state index in [0.29, 0.717) is 57.0 Å². The molecule has 0 unspecified atom stereocenters. The Balaban J connectivity index is 1.52. The normalized spacial score (nSPS) is 15.5. The van der Waals surface area contributed by atoms with E-state index in [0.717, 1.165) is 23.5 Å². The highest BCUT2D eigenvalue weighted by Crippen LogP contribution is 2.30. The van der Waals surface area contributed by atoms with Crippen molar-refractivity contribution in [2.75, 3.05) is 49.6 Å². The number of anilines is 2. The summed E-state index contributed by atoms with van der Waals surface area (Å²) in [6, 6.07) is 3.10. The van der Waals surface area contributed by atoms with Gasteiger partial charge in [-0.3, -0.25) is 4.79 Å². The number of hydrogen-bond donors (Lipinski definition) is 4. The molecule has 13 heteroatoms. The molecule has 2 aromatic rings. The van der Waals surface area contributed by atoms with Crippen molar-refractivity contribution in [1.29, 1.82) is 0 Å². The molecule has 0 spiro atoms. The summed E-state index contributed by atoms with van der Waals surface area (Å²) in [4.78, 5) is 16.7. The number of nitrogens with two attached hydrogens (primary N) is 1. The molecule has 0 aliphatic carbocycles. The molecule has 1 aliphatic rings. The van der Waals surface area contributed by atoms with E-state index in [9.17, 15) is 22.0 Å². The van der Waals surface area contributed by atoms with E-state index in [2.05, 4.69) is 15.6 Å². The van der Waals surface area contributed by atoms with Crippen LogP contribution in [0.4, 0.5) is 19.7 Å². The standard InChI is InChI=1S/C21H29F2N5O4S2/c22-15-4-1-5-16(23)17(15)18(30)19-20(24)27-21(33-19)26-14-6-10-28(11-7-14)34(31,32)13-3-9-25-8-2-12-29/h1,4-5,14,25,29H,2-3,6-13,24H2,(H,26,27). The topological polar surface area (TPSA) is 138 Å². The van der Waals surface area contributed by atoms with Gasteiger partial charge in [0.2, 0.25) is 15.8 Å². The highest BCUT2D eigenvalue weighted by Gasteiger charge is 2.29. The van der Waals surface area contributed by atoms with Crippen LogP contribution in [0.2, 0.25) is 0 Å². The molecule has 1 aromatic heterocycles. The number of nitrogen functional groups attached to an aromatic ring is 1. The highest BCUT2D eigenvalue weighted by atomic mass is 32.2. The predicted octanol–water partition coefficient (Wildman–Crippen LogP) is 1.80. The van der Waals surface area contributed by atoms with Gasteiger partial charge in [0.05, 0.1) is 11.3 Å². The van der Waals surface area contributed by atoms with Gasteiger partial charge in [0, 0.05) is 25.7 Å². The summed E-state index contributed by atoms with van der Waals surface area (Å²) in [5, 5.41) is 15.3. The van der Waals surface area contributed by atoms with Crippen molar-refractivity contribution in [1.82, 2.24) is 14.6 Å². The first-order chi connectivity index (χ1) is 16.2. The third kappa shape index (κ3) is 6.69. The van der Waals surface area contributed by atoms with Crippen LogP contribution in [-0.4, -0.2) is 73.2 Å². The smallest absolute Gasteiger partial charge is 0.214 e. The Labute approximate surface area is 201 Å². The molecule has 9 nitrogen and oxygen atoms in total. The molecule has 1 fully saturated rings. The maximum Gasteiger partial charge on any atom is 0.214 e. The molecule has 188 valence electrons. The number of halogens is 2. The Morgan fingerprint density at radius 1 is 1.21 bits per heavy atom. The van der Waals surface area contributed by atoms with E-state index in [-0.39, 0.29) is 29.1 Å². The molecule has 0 amide bonds. The van der Waals surface area contributed by atoms with Gasteiger partial charge >= 0.3 is 0 Å². The molecular formula is C21H29F2N5O4S2. The van der Waals surface area contributed by atoms with Crippen molar-refractivity contribution < 1.29 is 27.1 Å². The van der Waals surface area contributed by atoms with Gasteiger partial charge in [0.25, 0.3) is 0 Å². The number of aliphatic hydroxyl groups excluding tert-OH is 1. The first-order valence-electron chi connectivity index (χ1n) is 11.0. The first kappa shape index (κ1) is 26.4. The van der Waals surface area contributed by atoms with Crippen LogP contribution in [0.1, 0.15) is 40.9 Å². The van der Waals surface area contributed by atoms with Crippen molar-refractivity contribution >= 4 is 38.1 Å². The third-order valence-electron chi connectivity index (χ3n) is 5.49. The zero-order valence-electron chi connectivity index (χ0n) is 18.6. The summed E-state index contributed by atoms with van der Waals surface area (Å²) in [7, 11) is -3.36. The molecule has 1 aromatic carbocycles. The Kier molecular flexibility index (Phi) is 9.31. The number of ketones is 1. The van der Waals surface area contributed by atoms with Crippen LogP contribution in [-0.2, 0) is 10.0 Å². The van der Waals surface area contributed by atoms with Crippen molar-refractivity contribution in [2.45, 2.75) is 31.7 Å². The second kappa shape index (κ2) is 12.0. The second-order valence-corrected chi connectivity index (χ2v) is 11.1. The molecule has 1 aliphatic heterocycles. The van der Waals surface area contributed by atoms with E-state index in [4.69, 9.17) is 10.8 Å². The summed E-state index contributed by atoms with van der Waals surface area (Å²) in [6.07, 6.45) is 2.20. The lowest BCUT2D eigenvalue weighted by Crippen LogP contribution is -2.43. The van der Waals surface area contributed by atoms with Crippen molar-refractivity contribution in [3.63, 3.8) is 0 Å². The zero-order chi connectivity index (χ0) is 24.7. The number of carbonyl (C=O) groups is 1. The number of nitrogens with one attached hydrogen (secondary N) is 2. The van der Waals surface area contributed by atoms with E-state index >= 15 is 0 Å². The highest BCUT2D eigenvalue weighted by molar-refractivity contribution is 7.89. The third-order valence-corrected chi connectivity index (χ3v) is 8.45. The number of carbonyl (C=O) groups excluding carboxylic acids is 1. The fourth-order valence-corrected chi connectivity index (χ4v) is 6.12. The fraction of sp³-hybridized carbons (Fsp3) is 0.524. The minimum Gasteiger partial charge on any atom is -0.396 e. The Hall–Kier alpha value is -2.19. The average Bonchev–Trinajstić information content (AvgIpc) is 3.16. The number of hydrogen-bond acceptors (Lipinski definition) is 9. The van der Waals surface area contributed by atoms with Crippen LogP contribution < -0.4 is 16.4 Å². The number of sulfonamides is 1. The number of aliphatic hydroxyl groups is 1. The Morgan fingerprint density at radius 2 is 1.85 bits per heavy atom. The van der Waals surface area contributed by atoms with Crippen molar-refractivity contribution in [2.24, 2.45) is 0 Å². The predicted molar refractivity (Wildman–Crippen MR) is 128 cm³/mol. The lowest BCUT2D eigenvalue weighted by Gasteiger charge is -2.31. The summed E-state index contributed by atoms with van der Waals surface area (Å²) in [6.45, 7) is 2.03. The van der Waals surface area contributed by atoms with Crippen molar-refractivity contribution in [3.8, 4) is 0 Å². The van der Waals surface area contributed by atoms with Gasteiger partial charge in [0.15, 0.2) is 5.13 Å². The van der Waals surface area contributed by atoms with Crippen LogP contribution in [0, 0.1) is 11.6 Å². The SMILES string of the molecule is Nc1nc(NC2CCN(S(=O)(=O)CCCNCCCO)CC2)sc1C(=O)c1c(F)cccc1F. The van der Waals surface area contributed by atoms with Gasteiger partial charge in [-0.05, 0) is 50.9 Å². The molecule has 34 heavy (non-hydrogen) atoms. The molecule has 5 N–H and O–H groups in total. The molecule has 0 bridgehead atoms. The summed E-state index contributed by atoms with van der Waals surface area (Å²) in [5.74, 6) is -2.87. The van der Waals surface area contributed by atoms with Crippen LogP contribution >= 0.6 is 11.3 Å². The molecule has 3 rings (SSSR count). The van der Waals surface area contributed by atoms with E-state index in [1.807, 2.05) is 0 Å². The van der Waals surface area contributed by atoms with Gasteiger partial charge in [-0.15, -0.1) is 0 Å². The second-order valence-electron chi connectivity index (χ2n) is 7.97. The largest absolute Gasteiger partial charge is 0.396 e. The summed E-state index contributed by atoms with van der Waals surface area (Å²) < 4.78 is 54.6. The van der Waals surface area contributed by atoms with Crippen LogP contribution in [0.3, 0.4) is 0 Å². The van der Waals surface area contributed by atoms with Gasteiger partial charge in [0.1, 0.15) is 22.3 Å². The van der Waals surface area contributed by atoms with E-state index < -0.39 is 33.0 Å². The van der Waals surface area contributed by atoms with Crippen molar-refractivity contribution in [3.05, 3.63) is 40.3 Å². The molecule has 0 radical (unpaired) electrons. The molecular weight excluding hydrogens is 488 g/mol. The fourth-order valence-electron chi connectivity index (χ4n) is 3.68. The zero-order valence-corrected chi connectivity index (χ0v) is 20.2. The minimum atomic E-state index is -3.36. The maximum absolute atomic E-state index is 14.0. The van der Waals surface area contributed by atoms with Crippen LogP contribution in [0.15, 0.2) is 18.2 Å². The molecule has 0 saturated carbocycles. The van der Waals surface area contributed by atoms with Crippen LogP contribution in [0.25, 0.3) is 0 Å². The summed E-state index contributed by atoms with van der Waals surface area (Å²) in [5.41, 5.74) is 5.16. The van der Waals surface area contributed by atoms with E-state index in [1.165, 1.54) is 10.4 Å². The maximum atomic E-state index is 14.0. The number of rotatable bonds is 12. The number of nitrogens with zero attached hydrogens (tertiary/aromatic N) is 2. The van der Waals surface area contributed by atoms with Gasteiger partial charge < -0.3 is 21.5 Å². The molecule has 1 saturated heterocycles. The Bertz CT molecular complexity index is 1070. The van der Waals surface area contributed by atoms with Gasteiger partial charge in [-0.1, -0.05) is 17.4 Å². The minimum absolute atomic E-state index is 0.0539.